The third kappa shape index (κ3) is 7.98. The van der Waals surface area contributed by atoms with Gasteiger partial charge >= 0.3 is 0 Å². The van der Waals surface area contributed by atoms with E-state index in [9.17, 15) is 0 Å². The largest absolute Gasteiger partial charge is 0.330 e. The lowest BCUT2D eigenvalue weighted by Crippen LogP contribution is -2.20. The van der Waals surface area contributed by atoms with E-state index in [4.69, 9.17) is 17.2 Å². The molecular formula is C9H23N3. The molecule has 0 aromatic rings. The lowest BCUT2D eigenvalue weighted by molar-refractivity contribution is 0.513. The second-order valence-corrected chi connectivity index (χ2v) is 3.33. The van der Waals surface area contributed by atoms with Gasteiger partial charge in [-0.1, -0.05) is 12.8 Å². The van der Waals surface area contributed by atoms with Crippen LogP contribution >= 0.6 is 0 Å². The Hall–Kier alpha value is -0.120. The van der Waals surface area contributed by atoms with Crippen LogP contribution in [0.5, 0.6) is 0 Å². The molecule has 6 N–H and O–H groups in total. The Balaban J connectivity index is 3.02. The number of rotatable bonds is 8. The molecule has 0 heterocycles. The van der Waals surface area contributed by atoms with E-state index in [2.05, 4.69) is 0 Å². The van der Waals surface area contributed by atoms with Crippen molar-refractivity contribution >= 4 is 0 Å². The summed E-state index contributed by atoms with van der Waals surface area (Å²) in [5, 5.41) is 0. The molecular weight excluding hydrogens is 150 g/mol. The van der Waals surface area contributed by atoms with Crippen molar-refractivity contribution in [2.45, 2.75) is 44.6 Å². The molecule has 0 saturated carbocycles. The zero-order valence-corrected chi connectivity index (χ0v) is 7.97. The van der Waals surface area contributed by atoms with Crippen LogP contribution in [0.15, 0.2) is 0 Å². The van der Waals surface area contributed by atoms with Crippen molar-refractivity contribution < 1.29 is 0 Å². The van der Waals surface area contributed by atoms with Crippen LogP contribution in [0.4, 0.5) is 0 Å². The Morgan fingerprint density at radius 1 is 0.750 bits per heavy atom. The van der Waals surface area contributed by atoms with Gasteiger partial charge in [0.25, 0.3) is 0 Å². The highest BCUT2D eigenvalue weighted by atomic mass is 14.6. The van der Waals surface area contributed by atoms with Crippen LogP contribution < -0.4 is 17.2 Å². The maximum Gasteiger partial charge on any atom is 0.00392 e. The number of hydrogen-bond donors (Lipinski definition) is 3. The van der Waals surface area contributed by atoms with Crippen LogP contribution in [0.2, 0.25) is 0 Å². The average Bonchev–Trinajstić information content (AvgIpc) is 2.09. The summed E-state index contributed by atoms with van der Waals surface area (Å²) in [6.45, 7) is 1.56. The molecule has 12 heavy (non-hydrogen) atoms. The summed E-state index contributed by atoms with van der Waals surface area (Å²) < 4.78 is 0. The molecule has 1 unspecified atom stereocenters. The minimum absolute atomic E-state index is 0.353. The molecule has 3 nitrogen and oxygen atoms in total. The van der Waals surface area contributed by atoms with E-state index in [0.717, 1.165) is 38.8 Å². The van der Waals surface area contributed by atoms with Crippen LogP contribution in [0, 0.1) is 0 Å². The van der Waals surface area contributed by atoms with Crippen molar-refractivity contribution in [1.29, 1.82) is 0 Å². The van der Waals surface area contributed by atoms with Crippen molar-refractivity contribution in [3.63, 3.8) is 0 Å². The van der Waals surface area contributed by atoms with Crippen LogP contribution in [0.1, 0.15) is 38.5 Å². The molecule has 74 valence electrons. The summed E-state index contributed by atoms with van der Waals surface area (Å²) in [5.41, 5.74) is 16.6. The fraction of sp³-hybridized carbons (Fsp3) is 1.00. The summed E-state index contributed by atoms with van der Waals surface area (Å²) in [6.07, 6.45) is 6.80. The molecule has 0 aliphatic rings. The summed E-state index contributed by atoms with van der Waals surface area (Å²) in [4.78, 5) is 0. The minimum Gasteiger partial charge on any atom is -0.330 e. The van der Waals surface area contributed by atoms with E-state index in [0.29, 0.717) is 6.04 Å². The highest BCUT2D eigenvalue weighted by Crippen LogP contribution is 2.05. The van der Waals surface area contributed by atoms with Gasteiger partial charge in [-0.3, -0.25) is 0 Å². The lowest BCUT2D eigenvalue weighted by atomic mass is 10.0. The fourth-order valence-electron chi connectivity index (χ4n) is 1.25. The minimum atomic E-state index is 0.353. The van der Waals surface area contributed by atoms with Crippen LogP contribution in [-0.2, 0) is 0 Å². The SMILES string of the molecule is NCCCCCC(N)CCCN. The zero-order valence-electron chi connectivity index (χ0n) is 7.97. The maximum atomic E-state index is 5.86. The van der Waals surface area contributed by atoms with Gasteiger partial charge in [-0.15, -0.1) is 0 Å². The van der Waals surface area contributed by atoms with Crippen molar-refractivity contribution in [3.05, 3.63) is 0 Å². The topological polar surface area (TPSA) is 78.1 Å². The van der Waals surface area contributed by atoms with Gasteiger partial charge in [0.05, 0.1) is 0 Å². The second kappa shape index (κ2) is 8.97. The Labute approximate surface area is 75.7 Å². The Morgan fingerprint density at radius 3 is 1.92 bits per heavy atom. The quantitative estimate of drug-likeness (QED) is 0.470. The predicted molar refractivity (Wildman–Crippen MR) is 53.8 cm³/mol. The number of nitrogens with two attached hydrogens (primary N) is 3. The van der Waals surface area contributed by atoms with Gasteiger partial charge in [0.15, 0.2) is 0 Å². The molecule has 0 aromatic carbocycles. The first-order chi connectivity index (χ1) is 5.81. The van der Waals surface area contributed by atoms with E-state index in [1.807, 2.05) is 0 Å². The van der Waals surface area contributed by atoms with E-state index < -0.39 is 0 Å². The summed E-state index contributed by atoms with van der Waals surface area (Å²) in [7, 11) is 0. The van der Waals surface area contributed by atoms with Crippen molar-refractivity contribution in [2.24, 2.45) is 17.2 Å². The van der Waals surface area contributed by atoms with Gasteiger partial charge in [-0.25, -0.2) is 0 Å². The third-order valence-corrected chi connectivity index (χ3v) is 2.06. The van der Waals surface area contributed by atoms with Gasteiger partial charge < -0.3 is 17.2 Å². The van der Waals surface area contributed by atoms with E-state index in [1.165, 1.54) is 12.8 Å². The molecule has 0 aliphatic carbocycles. The number of hydrogen-bond acceptors (Lipinski definition) is 3. The number of unbranched alkanes of at least 4 members (excludes halogenated alkanes) is 2. The third-order valence-electron chi connectivity index (χ3n) is 2.06. The first-order valence-electron chi connectivity index (χ1n) is 4.97. The first-order valence-corrected chi connectivity index (χ1v) is 4.97. The molecule has 1 atom stereocenters. The summed E-state index contributed by atoms with van der Waals surface area (Å²) >= 11 is 0. The molecule has 0 spiro atoms. The predicted octanol–water partition coefficient (Wildman–Crippen LogP) is 0.572. The zero-order chi connectivity index (χ0) is 9.23. The van der Waals surface area contributed by atoms with Crippen molar-refractivity contribution in [3.8, 4) is 0 Å². The Bertz CT molecular complexity index is 85.8. The monoisotopic (exact) mass is 173 g/mol. The fourth-order valence-corrected chi connectivity index (χ4v) is 1.25. The molecule has 0 amide bonds. The summed E-state index contributed by atoms with van der Waals surface area (Å²) in [5.74, 6) is 0. The molecule has 0 fully saturated rings. The average molecular weight is 173 g/mol. The molecule has 0 saturated heterocycles. The maximum absolute atomic E-state index is 5.86. The highest BCUT2D eigenvalue weighted by Gasteiger charge is 2.00. The highest BCUT2D eigenvalue weighted by molar-refractivity contribution is 4.61. The molecule has 0 rings (SSSR count). The van der Waals surface area contributed by atoms with Crippen LogP contribution in [-0.4, -0.2) is 19.1 Å². The van der Waals surface area contributed by atoms with Crippen molar-refractivity contribution in [1.82, 2.24) is 0 Å². The van der Waals surface area contributed by atoms with Crippen LogP contribution in [0.3, 0.4) is 0 Å². The van der Waals surface area contributed by atoms with E-state index in [1.54, 1.807) is 0 Å². The Morgan fingerprint density at radius 2 is 1.33 bits per heavy atom. The van der Waals surface area contributed by atoms with Gasteiger partial charge in [-0.2, -0.15) is 0 Å². The van der Waals surface area contributed by atoms with Gasteiger partial charge in [0.2, 0.25) is 0 Å². The smallest absolute Gasteiger partial charge is 0.00392 e. The lowest BCUT2D eigenvalue weighted by Gasteiger charge is -2.09. The molecule has 0 aliphatic heterocycles. The summed E-state index contributed by atoms with van der Waals surface area (Å²) in [6, 6.07) is 0.353. The molecule has 0 bridgehead atoms. The van der Waals surface area contributed by atoms with E-state index >= 15 is 0 Å². The molecule has 3 heteroatoms. The molecule has 0 aromatic heterocycles. The van der Waals surface area contributed by atoms with Gasteiger partial charge in [-0.05, 0) is 38.8 Å². The normalized spacial score (nSPS) is 13.2. The first kappa shape index (κ1) is 11.9. The van der Waals surface area contributed by atoms with Crippen LogP contribution in [0.25, 0.3) is 0 Å². The second-order valence-electron chi connectivity index (χ2n) is 3.33. The Kier molecular flexibility index (Phi) is 8.88. The van der Waals surface area contributed by atoms with E-state index in [-0.39, 0.29) is 0 Å². The standard InChI is InChI=1S/C9H23N3/c10-7-3-1-2-5-9(12)6-4-8-11/h9H,1-8,10-12H2. The van der Waals surface area contributed by atoms with Crippen molar-refractivity contribution in [2.75, 3.05) is 13.1 Å². The van der Waals surface area contributed by atoms with Gasteiger partial charge in [0.1, 0.15) is 0 Å². The molecule has 0 radical (unpaired) electrons. The van der Waals surface area contributed by atoms with Gasteiger partial charge in [0, 0.05) is 6.04 Å².